The van der Waals surface area contributed by atoms with Gasteiger partial charge in [-0.05, 0) is 44.3 Å². The van der Waals surface area contributed by atoms with Crippen LogP contribution in [-0.2, 0) is 33.4 Å². The van der Waals surface area contributed by atoms with Gasteiger partial charge in [-0.3, -0.25) is 14.4 Å². The van der Waals surface area contributed by atoms with E-state index in [1.165, 1.54) is 6.92 Å². The fraction of sp³-hybridized carbons (Fsp3) is 0.677. The topological polar surface area (TPSA) is 136 Å². The molecule has 2 saturated carbocycles. The van der Waals surface area contributed by atoms with Crippen LogP contribution in [0.1, 0.15) is 68.2 Å². The minimum absolute atomic E-state index is 0.0534. The Morgan fingerprint density at radius 3 is 2.38 bits per heavy atom. The third-order valence-electron chi connectivity index (χ3n) is 9.93. The van der Waals surface area contributed by atoms with Crippen molar-refractivity contribution in [3.63, 3.8) is 0 Å². The maximum atomic E-state index is 13.3. The van der Waals surface area contributed by atoms with E-state index in [1.807, 2.05) is 13.8 Å². The molecule has 2 N–H and O–H groups in total. The zero-order chi connectivity index (χ0) is 30.0. The summed E-state index contributed by atoms with van der Waals surface area (Å²) in [7, 11) is 0. The molecule has 4 aliphatic rings. The molecule has 8 atom stereocenters. The van der Waals surface area contributed by atoms with E-state index >= 15 is 0 Å². The van der Waals surface area contributed by atoms with Gasteiger partial charge in [-0.2, -0.15) is 0 Å². The average Bonchev–Trinajstić information content (AvgIpc) is 3.33. The number of ether oxygens (including phenoxy) is 3. The van der Waals surface area contributed by atoms with Gasteiger partial charge in [-0.25, -0.2) is 4.79 Å². The molecule has 9 nitrogen and oxygen atoms in total. The van der Waals surface area contributed by atoms with Crippen molar-refractivity contribution in [3.8, 4) is 0 Å². The SMILES string of the molecule is C/C=C(/C)C(=O)OC[C@]1(C)[C@H]2[C@@H]3C=C(COC(C)=O)C[C@]4(O)C(=O)C(C)=C[C@H]4[C@@]3(O)[C@H](C)C[C@]21OC(=O)C(C)C. The van der Waals surface area contributed by atoms with Crippen molar-refractivity contribution in [1.29, 1.82) is 0 Å². The first-order valence-electron chi connectivity index (χ1n) is 14.0. The molecular weight excluding hydrogens is 516 g/mol. The number of fused-ring (bicyclic) bond motifs is 5. The van der Waals surface area contributed by atoms with Crippen LogP contribution in [0.2, 0.25) is 0 Å². The lowest BCUT2D eigenvalue weighted by molar-refractivity contribution is -0.188. The molecule has 4 rings (SSSR count). The molecule has 0 aromatic heterocycles. The fourth-order valence-electron chi connectivity index (χ4n) is 7.55. The highest BCUT2D eigenvalue weighted by molar-refractivity contribution is 6.04. The summed E-state index contributed by atoms with van der Waals surface area (Å²) in [4.78, 5) is 50.6. The van der Waals surface area contributed by atoms with Crippen LogP contribution in [-0.4, -0.2) is 63.9 Å². The Bertz CT molecular complexity index is 1230. The molecular formula is C31H42O9. The highest BCUT2D eigenvalue weighted by Gasteiger charge is 2.85. The fourth-order valence-corrected chi connectivity index (χ4v) is 7.55. The molecule has 0 unspecified atom stereocenters. The van der Waals surface area contributed by atoms with Crippen molar-refractivity contribution in [2.45, 2.75) is 85.0 Å². The van der Waals surface area contributed by atoms with Crippen LogP contribution in [0.4, 0.5) is 0 Å². The lowest BCUT2D eigenvalue weighted by Gasteiger charge is -2.50. The number of carbonyl (C=O) groups excluding carboxylic acids is 4. The van der Waals surface area contributed by atoms with E-state index in [9.17, 15) is 29.4 Å². The normalized spacial score (nSPS) is 40.2. The Labute approximate surface area is 235 Å². The molecule has 9 heteroatoms. The first-order chi connectivity index (χ1) is 18.5. The summed E-state index contributed by atoms with van der Waals surface area (Å²) in [6, 6.07) is 0. The third-order valence-corrected chi connectivity index (χ3v) is 9.93. The molecule has 0 aliphatic heterocycles. The van der Waals surface area contributed by atoms with E-state index in [-0.39, 0.29) is 26.1 Å². The van der Waals surface area contributed by atoms with E-state index in [0.29, 0.717) is 16.7 Å². The Kier molecular flexibility index (Phi) is 7.50. The Balaban J connectivity index is 1.86. The van der Waals surface area contributed by atoms with E-state index < -0.39 is 75.5 Å². The summed E-state index contributed by atoms with van der Waals surface area (Å²) in [6.07, 6.45) is 5.23. The summed E-state index contributed by atoms with van der Waals surface area (Å²) >= 11 is 0. The highest BCUT2D eigenvalue weighted by Crippen LogP contribution is 2.77. The third kappa shape index (κ3) is 4.28. The second kappa shape index (κ2) is 9.94. The second-order valence-corrected chi connectivity index (χ2v) is 12.8. The number of hydrogen-bond acceptors (Lipinski definition) is 9. The molecule has 0 bridgehead atoms. The highest BCUT2D eigenvalue weighted by atomic mass is 16.6. The molecule has 0 radical (unpaired) electrons. The summed E-state index contributed by atoms with van der Waals surface area (Å²) < 4.78 is 17.3. The van der Waals surface area contributed by atoms with Crippen molar-refractivity contribution in [1.82, 2.24) is 0 Å². The van der Waals surface area contributed by atoms with Gasteiger partial charge in [0.05, 0.1) is 11.5 Å². The maximum absolute atomic E-state index is 13.3. The van der Waals surface area contributed by atoms with E-state index in [0.717, 1.165) is 0 Å². The summed E-state index contributed by atoms with van der Waals surface area (Å²) in [5.41, 5.74) is -4.13. The molecule has 0 saturated heterocycles. The molecule has 220 valence electrons. The van der Waals surface area contributed by atoms with Crippen molar-refractivity contribution in [2.75, 3.05) is 13.2 Å². The first kappa shape index (κ1) is 30.2. The predicted molar refractivity (Wildman–Crippen MR) is 144 cm³/mol. The second-order valence-electron chi connectivity index (χ2n) is 12.8. The minimum atomic E-state index is -1.91. The van der Waals surface area contributed by atoms with E-state index in [4.69, 9.17) is 14.2 Å². The smallest absolute Gasteiger partial charge is 0.333 e. The Morgan fingerprint density at radius 1 is 1.15 bits per heavy atom. The zero-order valence-corrected chi connectivity index (χ0v) is 24.7. The summed E-state index contributed by atoms with van der Waals surface area (Å²) in [6.45, 7) is 13.3. The number of ketones is 1. The van der Waals surface area contributed by atoms with Gasteiger partial charge in [0.1, 0.15) is 24.4 Å². The van der Waals surface area contributed by atoms with Gasteiger partial charge in [-0.1, -0.05) is 45.9 Å². The van der Waals surface area contributed by atoms with Crippen LogP contribution in [0.25, 0.3) is 0 Å². The first-order valence-corrected chi connectivity index (χ1v) is 14.0. The summed E-state index contributed by atoms with van der Waals surface area (Å²) in [5, 5.41) is 24.5. The number of rotatable bonds is 7. The molecule has 2 fully saturated rings. The van der Waals surface area contributed by atoms with Crippen LogP contribution in [0.3, 0.4) is 0 Å². The molecule has 0 aromatic rings. The van der Waals surface area contributed by atoms with E-state index in [2.05, 4.69) is 0 Å². The number of aliphatic hydroxyl groups is 2. The van der Waals surface area contributed by atoms with Crippen LogP contribution < -0.4 is 0 Å². The molecule has 0 heterocycles. The van der Waals surface area contributed by atoms with Gasteiger partial charge < -0.3 is 24.4 Å². The standard InChI is InChI=1S/C31H42O9/c1-9-17(4)27(35)39-15-28(8)24-22-11-21(14-38-20(7)32)13-29(36)23(10-18(5)25(29)33)31(22,37)19(6)12-30(24,28)40-26(34)16(2)3/h9-11,16,19,22-24,36-37H,12-15H2,1-8H3/b17-9-/t19-,22+,23-,24-,28-,29-,30+,31-/m1/s1. The van der Waals surface area contributed by atoms with Crippen molar-refractivity contribution < 1.29 is 43.6 Å². The maximum Gasteiger partial charge on any atom is 0.333 e. The lowest BCUT2D eigenvalue weighted by atomic mass is 9.60. The van der Waals surface area contributed by atoms with Crippen LogP contribution in [0.15, 0.2) is 34.9 Å². The van der Waals surface area contributed by atoms with Gasteiger partial charge in [0.15, 0.2) is 5.78 Å². The number of esters is 3. The number of allylic oxidation sites excluding steroid dienone is 1. The quantitative estimate of drug-likeness (QED) is 0.209. The predicted octanol–water partition coefficient (Wildman–Crippen LogP) is 3.23. The number of hydrogen-bond donors (Lipinski definition) is 2. The molecule has 0 amide bonds. The van der Waals surface area contributed by atoms with Gasteiger partial charge in [0.2, 0.25) is 0 Å². The van der Waals surface area contributed by atoms with Crippen LogP contribution in [0.5, 0.6) is 0 Å². The largest absolute Gasteiger partial charge is 0.462 e. The van der Waals surface area contributed by atoms with Crippen molar-refractivity contribution in [3.05, 3.63) is 34.9 Å². The van der Waals surface area contributed by atoms with Gasteiger partial charge in [-0.15, -0.1) is 0 Å². The zero-order valence-electron chi connectivity index (χ0n) is 24.7. The van der Waals surface area contributed by atoms with Gasteiger partial charge in [0, 0.05) is 42.1 Å². The molecule has 0 aromatic carbocycles. The molecule has 40 heavy (non-hydrogen) atoms. The molecule has 4 aliphatic carbocycles. The van der Waals surface area contributed by atoms with Crippen molar-refractivity contribution >= 4 is 23.7 Å². The van der Waals surface area contributed by atoms with Crippen LogP contribution >= 0.6 is 0 Å². The number of Topliss-reactive ketones (excluding diaryl/α,β-unsaturated/α-hetero) is 1. The summed E-state index contributed by atoms with van der Waals surface area (Å²) in [5.74, 6) is -4.94. The van der Waals surface area contributed by atoms with Gasteiger partial charge >= 0.3 is 17.9 Å². The minimum Gasteiger partial charge on any atom is -0.462 e. The average molecular weight is 559 g/mol. The molecule has 0 spiro atoms. The van der Waals surface area contributed by atoms with Crippen LogP contribution in [0, 0.1) is 35.0 Å². The Morgan fingerprint density at radius 2 is 1.80 bits per heavy atom. The van der Waals surface area contributed by atoms with Gasteiger partial charge in [0.25, 0.3) is 0 Å². The monoisotopic (exact) mass is 558 g/mol. The Hall–Kier alpha value is -2.78. The van der Waals surface area contributed by atoms with Crippen molar-refractivity contribution in [2.24, 2.45) is 35.0 Å². The van der Waals surface area contributed by atoms with E-state index in [1.54, 1.807) is 52.8 Å². The number of carbonyl (C=O) groups is 4. The lowest BCUT2D eigenvalue weighted by Crippen LogP contribution is -2.61.